The highest BCUT2D eigenvalue weighted by molar-refractivity contribution is 6.29. The number of carbonyl (C=O) groups is 1. The molecule has 1 aliphatic rings. The van der Waals surface area contributed by atoms with E-state index in [4.69, 9.17) is 11.6 Å². The predicted octanol–water partition coefficient (Wildman–Crippen LogP) is 1.26. The third-order valence-corrected chi connectivity index (χ3v) is 2.10. The van der Waals surface area contributed by atoms with Gasteiger partial charge in [0.05, 0.1) is 11.9 Å². The van der Waals surface area contributed by atoms with Gasteiger partial charge in [-0.05, 0) is 12.1 Å². The van der Waals surface area contributed by atoms with Crippen molar-refractivity contribution >= 4 is 23.3 Å². The Morgan fingerprint density at radius 3 is 2.92 bits per heavy atom. The van der Waals surface area contributed by atoms with Gasteiger partial charge in [-0.15, -0.1) is 0 Å². The number of nitrogens with zero attached hydrogens (tertiary/aromatic N) is 2. The molecule has 1 aromatic heterocycles. The lowest BCUT2D eigenvalue weighted by Gasteiger charge is -2.12. The van der Waals surface area contributed by atoms with Crippen LogP contribution in [0.4, 0.5) is 10.5 Å². The largest absolute Gasteiger partial charge is 0.336 e. The van der Waals surface area contributed by atoms with Gasteiger partial charge in [-0.3, -0.25) is 4.90 Å². The molecule has 68 valence electrons. The fourth-order valence-electron chi connectivity index (χ4n) is 1.25. The zero-order chi connectivity index (χ0) is 9.26. The Labute approximate surface area is 80.5 Å². The number of urea groups is 1. The van der Waals surface area contributed by atoms with Crippen LogP contribution in [0.3, 0.4) is 0 Å². The maximum Gasteiger partial charge on any atom is 0.322 e. The van der Waals surface area contributed by atoms with Crippen molar-refractivity contribution < 1.29 is 4.79 Å². The third kappa shape index (κ3) is 1.58. The van der Waals surface area contributed by atoms with Crippen LogP contribution in [-0.2, 0) is 0 Å². The summed E-state index contributed by atoms with van der Waals surface area (Å²) in [5.41, 5.74) is 0.777. The number of amides is 2. The molecule has 0 radical (unpaired) electrons. The standard InChI is InChI=1S/C8H8ClN3O/c9-7-2-1-6(5-11-7)12-4-3-10-8(12)13/h1-2,5H,3-4H2,(H,10,13). The number of hydrogen-bond donors (Lipinski definition) is 1. The molecule has 5 heteroatoms. The van der Waals surface area contributed by atoms with Crippen molar-refractivity contribution in [3.8, 4) is 0 Å². The van der Waals surface area contributed by atoms with E-state index in [1.165, 1.54) is 0 Å². The van der Waals surface area contributed by atoms with Crippen molar-refractivity contribution in [2.24, 2.45) is 0 Å². The normalized spacial score (nSPS) is 16.1. The van der Waals surface area contributed by atoms with E-state index in [1.54, 1.807) is 23.2 Å². The van der Waals surface area contributed by atoms with Crippen LogP contribution >= 0.6 is 11.6 Å². The minimum absolute atomic E-state index is 0.0795. The molecule has 0 atom stereocenters. The molecule has 4 nitrogen and oxygen atoms in total. The number of nitrogens with one attached hydrogen (secondary N) is 1. The summed E-state index contributed by atoms with van der Waals surface area (Å²) in [4.78, 5) is 16.7. The first-order chi connectivity index (χ1) is 6.27. The topological polar surface area (TPSA) is 45.2 Å². The summed E-state index contributed by atoms with van der Waals surface area (Å²) >= 11 is 5.62. The summed E-state index contributed by atoms with van der Waals surface area (Å²) in [5.74, 6) is 0. The summed E-state index contributed by atoms with van der Waals surface area (Å²) in [5, 5.41) is 3.14. The number of hydrogen-bond acceptors (Lipinski definition) is 2. The van der Waals surface area contributed by atoms with Crippen molar-refractivity contribution in [1.29, 1.82) is 0 Å². The number of anilines is 1. The molecule has 1 saturated heterocycles. The minimum Gasteiger partial charge on any atom is -0.336 e. The average Bonchev–Trinajstić information content (AvgIpc) is 2.53. The number of aromatic nitrogens is 1. The second-order valence-electron chi connectivity index (χ2n) is 2.72. The number of carbonyl (C=O) groups excluding carboxylic acids is 1. The molecule has 1 N–H and O–H groups in total. The molecule has 1 aromatic rings. The van der Waals surface area contributed by atoms with Crippen LogP contribution in [0.25, 0.3) is 0 Å². The molecule has 2 rings (SSSR count). The highest BCUT2D eigenvalue weighted by atomic mass is 35.5. The van der Waals surface area contributed by atoms with Gasteiger partial charge in [-0.2, -0.15) is 0 Å². The van der Waals surface area contributed by atoms with Crippen LogP contribution in [0, 0.1) is 0 Å². The lowest BCUT2D eigenvalue weighted by atomic mass is 10.4. The zero-order valence-electron chi connectivity index (χ0n) is 6.83. The Kier molecular flexibility index (Phi) is 2.06. The molecule has 0 unspecified atom stereocenters. The van der Waals surface area contributed by atoms with Crippen LogP contribution < -0.4 is 10.2 Å². The van der Waals surface area contributed by atoms with E-state index in [0.717, 1.165) is 5.69 Å². The molecule has 0 spiro atoms. The average molecular weight is 198 g/mol. The molecule has 1 aliphatic heterocycles. The Morgan fingerprint density at radius 2 is 2.38 bits per heavy atom. The summed E-state index contributed by atoms with van der Waals surface area (Å²) in [6, 6.07) is 3.37. The van der Waals surface area contributed by atoms with Gasteiger partial charge in [0.25, 0.3) is 0 Å². The van der Waals surface area contributed by atoms with Gasteiger partial charge < -0.3 is 5.32 Å². The SMILES string of the molecule is O=C1NCCN1c1ccc(Cl)nc1. The van der Waals surface area contributed by atoms with Gasteiger partial charge in [-0.1, -0.05) is 11.6 Å². The molecule has 13 heavy (non-hydrogen) atoms. The Bertz CT molecular complexity index is 325. The van der Waals surface area contributed by atoms with Gasteiger partial charge in [0.15, 0.2) is 0 Å². The Balaban J connectivity index is 2.25. The molecule has 0 saturated carbocycles. The number of rotatable bonds is 1. The Hall–Kier alpha value is -1.29. The molecule has 0 aromatic carbocycles. The van der Waals surface area contributed by atoms with E-state index >= 15 is 0 Å². The molecular weight excluding hydrogens is 190 g/mol. The van der Waals surface area contributed by atoms with Crippen molar-refractivity contribution in [2.45, 2.75) is 0 Å². The smallest absolute Gasteiger partial charge is 0.322 e. The summed E-state index contributed by atoms with van der Waals surface area (Å²) in [6.45, 7) is 1.36. The van der Waals surface area contributed by atoms with E-state index in [0.29, 0.717) is 18.2 Å². The maximum absolute atomic E-state index is 11.2. The molecule has 0 bridgehead atoms. The first kappa shape index (κ1) is 8.31. The lowest BCUT2D eigenvalue weighted by molar-refractivity contribution is 0.252. The maximum atomic E-state index is 11.2. The fourth-order valence-corrected chi connectivity index (χ4v) is 1.36. The highest BCUT2D eigenvalue weighted by Crippen LogP contribution is 2.16. The minimum atomic E-state index is -0.0795. The van der Waals surface area contributed by atoms with E-state index in [1.807, 2.05) is 0 Å². The van der Waals surface area contributed by atoms with E-state index in [2.05, 4.69) is 10.3 Å². The van der Waals surface area contributed by atoms with Crippen LogP contribution in [0.1, 0.15) is 0 Å². The van der Waals surface area contributed by atoms with Gasteiger partial charge >= 0.3 is 6.03 Å². The zero-order valence-corrected chi connectivity index (χ0v) is 7.58. The van der Waals surface area contributed by atoms with Gasteiger partial charge in [0, 0.05) is 13.1 Å². The number of pyridine rings is 1. The van der Waals surface area contributed by atoms with Crippen molar-refractivity contribution in [1.82, 2.24) is 10.3 Å². The van der Waals surface area contributed by atoms with Crippen LogP contribution in [0.5, 0.6) is 0 Å². The fraction of sp³-hybridized carbons (Fsp3) is 0.250. The van der Waals surface area contributed by atoms with Crippen LogP contribution in [-0.4, -0.2) is 24.1 Å². The van der Waals surface area contributed by atoms with Crippen molar-refractivity contribution in [3.05, 3.63) is 23.5 Å². The summed E-state index contributed by atoms with van der Waals surface area (Å²) < 4.78 is 0. The van der Waals surface area contributed by atoms with Gasteiger partial charge in [0.2, 0.25) is 0 Å². The summed E-state index contributed by atoms with van der Waals surface area (Å²) in [6.07, 6.45) is 1.59. The summed E-state index contributed by atoms with van der Waals surface area (Å²) in [7, 11) is 0. The second kappa shape index (κ2) is 3.22. The predicted molar refractivity (Wildman–Crippen MR) is 50.0 cm³/mol. The van der Waals surface area contributed by atoms with Crippen LogP contribution in [0.15, 0.2) is 18.3 Å². The van der Waals surface area contributed by atoms with Crippen molar-refractivity contribution in [2.75, 3.05) is 18.0 Å². The molecule has 2 heterocycles. The van der Waals surface area contributed by atoms with E-state index in [-0.39, 0.29) is 6.03 Å². The van der Waals surface area contributed by atoms with Crippen LogP contribution in [0.2, 0.25) is 5.15 Å². The third-order valence-electron chi connectivity index (χ3n) is 1.88. The quantitative estimate of drug-likeness (QED) is 0.689. The van der Waals surface area contributed by atoms with E-state index < -0.39 is 0 Å². The molecule has 1 fully saturated rings. The monoisotopic (exact) mass is 197 g/mol. The lowest BCUT2D eigenvalue weighted by Crippen LogP contribution is -2.27. The van der Waals surface area contributed by atoms with Crippen molar-refractivity contribution in [3.63, 3.8) is 0 Å². The first-order valence-corrected chi connectivity index (χ1v) is 4.32. The molecule has 2 amide bonds. The van der Waals surface area contributed by atoms with E-state index in [9.17, 15) is 4.79 Å². The molecule has 0 aliphatic carbocycles. The molecular formula is C8H8ClN3O. The Morgan fingerprint density at radius 1 is 1.54 bits per heavy atom. The highest BCUT2D eigenvalue weighted by Gasteiger charge is 2.20. The van der Waals surface area contributed by atoms with Gasteiger partial charge in [-0.25, -0.2) is 9.78 Å². The first-order valence-electron chi connectivity index (χ1n) is 3.94. The number of halogens is 1. The van der Waals surface area contributed by atoms with Gasteiger partial charge in [0.1, 0.15) is 5.15 Å². The second-order valence-corrected chi connectivity index (χ2v) is 3.11.